The van der Waals surface area contributed by atoms with Crippen molar-refractivity contribution in [1.82, 2.24) is 5.48 Å². The first-order valence-electron chi connectivity index (χ1n) is 4.87. The SMILES string of the molecule is COc1cccc(C2CC(NO)C2)c1. The van der Waals surface area contributed by atoms with Gasteiger partial charge in [0, 0.05) is 6.04 Å². The number of methoxy groups -OCH3 is 1. The van der Waals surface area contributed by atoms with Gasteiger partial charge in [-0.15, -0.1) is 0 Å². The molecule has 0 amide bonds. The van der Waals surface area contributed by atoms with E-state index < -0.39 is 0 Å². The van der Waals surface area contributed by atoms with Crippen LogP contribution < -0.4 is 10.2 Å². The summed E-state index contributed by atoms with van der Waals surface area (Å²) >= 11 is 0. The van der Waals surface area contributed by atoms with Crippen molar-refractivity contribution in [2.24, 2.45) is 0 Å². The zero-order valence-corrected chi connectivity index (χ0v) is 8.23. The molecule has 0 unspecified atom stereocenters. The largest absolute Gasteiger partial charge is 0.497 e. The molecule has 1 aliphatic carbocycles. The Morgan fingerprint density at radius 2 is 2.21 bits per heavy atom. The first-order valence-corrected chi connectivity index (χ1v) is 4.87. The molecule has 0 atom stereocenters. The van der Waals surface area contributed by atoms with Gasteiger partial charge in [-0.25, -0.2) is 5.48 Å². The van der Waals surface area contributed by atoms with Crippen LogP contribution in [0.15, 0.2) is 24.3 Å². The lowest BCUT2D eigenvalue weighted by molar-refractivity contribution is 0.0782. The highest BCUT2D eigenvalue weighted by atomic mass is 16.5. The van der Waals surface area contributed by atoms with E-state index in [0.29, 0.717) is 5.92 Å². The van der Waals surface area contributed by atoms with Gasteiger partial charge in [0.2, 0.25) is 0 Å². The molecule has 2 rings (SSSR count). The van der Waals surface area contributed by atoms with E-state index in [1.165, 1.54) is 5.56 Å². The number of hydrogen-bond acceptors (Lipinski definition) is 3. The molecule has 1 aromatic rings. The lowest BCUT2D eigenvalue weighted by Gasteiger charge is -2.34. The zero-order valence-electron chi connectivity index (χ0n) is 8.23. The highest BCUT2D eigenvalue weighted by Gasteiger charge is 2.29. The molecule has 0 aliphatic heterocycles. The van der Waals surface area contributed by atoms with E-state index in [2.05, 4.69) is 17.6 Å². The molecule has 3 heteroatoms. The van der Waals surface area contributed by atoms with Gasteiger partial charge in [-0.1, -0.05) is 12.1 Å². The predicted octanol–water partition coefficient (Wildman–Crippen LogP) is 1.92. The van der Waals surface area contributed by atoms with E-state index in [1.54, 1.807) is 7.11 Å². The average Bonchev–Trinajstić information content (AvgIpc) is 2.17. The van der Waals surface area contributed by atoms with Crippen LogP contribution in [0.1, 0.15) is 24.3 Å². The fraction of sp³-hybridized carbons (Fsp3) is 0.455. The third kappa shape index (κ3) is 1.74. The Bertz CT molecular complexity index is 308. The molecular weight excluding hydrogens is 178 g/mol. The molecule has 0 bridgehead atoms. The first kappa shape index (κ1) is 9.49. The molecule has 0 radical (unpaired) electrons. The summed E-state index contributed by atoms with van der Waals surface area (Å²) in [4.78, 5) is 0. The van der Waals surface area contributed by atoms with Gasteiger partial charge >= 0.3 is 0 Å². The van der Waals surface area contributed by atoms with E-state index in [4.69, 9.17) is 9.94 Å². The highest BCUT2D eigenvalue weighted by molar-refractivity contribution is 5.32. The van der Waals surface area contributed by atoms with Crippen LogP contribution in [0.5, 0.6) is 5.75 Å². The summed E-state index contributed by atoms with van der Waals surface area (Å²) in [5.41, 5.74) is 3.60. The Morgan fingerprint density at radius 1 is 1.43 bits per heavy atom. The Hall–Kier alpha value is -1.06. The van der Waals surface area contributed by atoms with Crippen molar-refractivity contribution >= 4 is 0 Å². The van der Waals surface area contributed by atoms with Gasteiger partial charge in [-0.05, 0) is 36.5 Å². The molecule has 0 aromatic heterocycles. The van der Waals surface area contributed by atoms with Crippen molar-refractivity contribution in [2.75, 3.05) is 7.11 Å². The van der Waals surface area contributed by atoms with Crippen molar-refractivity contribution in [3.8, 4) is 5.75 Å². The average molecular weight is 193 g/mol. The van der Waals surface area contributed by atoms with Crippen molar-refractivity contribution < 1.29 is 9.94 Å². The maximum absolute atomic E-state index is 8.68. The van der Waals surface area contributed by atoms with Gasteiger partial charge in [-0.2, -0.15) is 0 Å². The molecule has 2 N–H and O–H groups in total. The minimum Gasteiger partial charge on any atom is -0.497 e. The van der Waals surface area contributed by atoms with Crippen LogP contribution in [0.4, 0.5) is 0 Å². The fourth-order valence-electron chi connectivity index (χ4n) is 1.89. The van der Waals surface area contributed by atoms with Gasteiger partial charge in [0.05, 0.1) is 7.11 Å². The molecule has 0 saturated heterocycles. The van der Waals surface area contributed by atoms with Crippen molar-refractivity contribution in [3.05, 3.63) is 29.8 Å². The van der Waals surface area contributed by atoms with Crippen molar-refractivity contribution in [2.45, 2.75) is 24.8 Å². The molecule has 1 fully saturated rings. The predicted molar refractivity (Wildman–Crippen MR) is 53.7 cm³/mol. The summed E-state index contributed by atoms with van der Waals surface area (Å²) in [6, 6.07) is 8.41. The zero-order chi connectivity index (χ0) is 9.97. The Morgan fingerprint density at radius 3 is 2.86 bits per heavy atom. The second kappa shape index (κ2) is 3.98. The summed E-state index contributed by atoms with van der Waals surface area (Å²) in [6.45, 7) is 0. The van der Waals surface area contributed by atoms with Gasteiger partial charge in [0.25, 0.3) is 0 Å². The summed E-state index contributed by atoms with van der Waals surface area (Å²) in [6.07, 6.45) is 2.01. The second-order valence-electron chi connectivity index (χ2n) is 3.77. The van der Waals surface area contributed by atoms with Crippen molar-refractivity contribution in [1.29, 1.82) is 0 Å². The third-order valence-corrected chi connectivity index (χ3v) is 2.89. The van der Waals surface area contributed by atoms with Crippen LogP contribution in [-0.2, 0) is 0 Å². The topological polar surface area (TPSA) is 41.5 Å². The lowest BCUT2D eigenvalue weighted by Crippen LogP contribution is -2.38. The summed E-state index contributed by atoms with van der Waals surface area (Å²) in [7, 11) is 1.68. The van der Waals surface area contributed by atoms with Gasteiger partial charge in [0.15, 0.2) is 0 Å². The maximum Gasteiger partial charge on any atom is 0.119 e. The number of hydrogen-bond donors (Lipinski definition) is 2. The van der Waals surface area contributed by atoms with Crippen LogP contribution in [0.3, 0.4) is 0 Å². The number of benzene rings is 1. The van der Waals surface area contributed by atoms with Crippen LogP contribution in [0, 0.1) is 0 Å². The molecular formula is C11H15NO2. The number of ether oxygens (including phenoxy) is 1. The molecule has 14 heavy (non-hydrogen) atoms. The first-order chi connectivity index (χ1) is 6.83. The Balaban J connectivity index is 2.03. The van der Waals surface area contributed by atoms with Crippen LogP contribution >= 0.6 is 0 Å². The number of nitrogens with one attached hydrogen (secondary N) is 1. The van der Waals surface area contributed by atoms with Crippen LogP contribution in [-0.4, -0.2) is 18.4 Å². The summed E-state index contributed by atoms with van der Waals surface area (Å²) < 4.78 is 5.16. The van der Waals surface area contributed by atoms with E-state index >= 15 is 0 Å². The fourth-order valence-corrected chi connectivity index (χ4v) is 1.89. The quantitative estimate of drug-likeness (QED) is 0.721. The normalized spacial score (nSPS) is 25.6. The summed E-state index contributed by atoms with van der Waals surface area (Å²) in [5.74, 6) is 1.47. The van der Waals surface area contributed by atoms with E-state index in [9.17, 15) is 0 Å². The van der Waals surface area contributed by atoms with E-state index in [1.807, 2.05) is 12.1 Å². The molecule has 3 nitrogen and oxygen atoms in total. The number of hydroxylamine groups is 1. The molecule has 1 aliphatic rings. The molecule has 1 saturated carbocycles. The van der Waals surface area contributed by atoms with Gasteiger partial charge in [0.1, 0.15) is 5.75 Å². The van der Waals surface area contributed by atoms with Crippen molar-refractivity contribution in [3.63, 3.8) is 0 Å². The Labute approximate surface area is 83.7 Å². The Kier molecular flexibility index (Phi) is 2.70. The summed E-state index contributed by atoms with van der Waals surface area (Å²) in [5, 5.41) is 8.68. The van der Waals surface area contributed by atoms with E-state index in [0.717, 1.165) is 18.6 Å². The van der Waals surface area contributed by atoms with E-state index in [-0.39, 0.29) is 6.04 Å². The van der Waals surface area contributed by atoms with Crippen LogP contribution in [0.25, 0.3) is 0 Å². The van der Waals surface area contributed by atoms with Gasteiger partial charge in [-0.3, -0.25) is 0 Å². The smallest absolute Gasteiger partial charge is 0.119 e. The molecule has 0 spiro atoms. The minimum absolute atomic E-state index is 0.270. The lowest BCUT2D eigenvalue weighted by atomic mass is 9.76. The standard InChI is InChI=1S/C11H15NO2/c1-14-11-4-2-3-8(7-11)9-5-10(6-9)12-13/h2-4,7,9-10,12-13H,5-6H2,1H3. The third-order valence-electron chi connectivity index (χ3n) is 2.89. The molecule has 76 valence electrons. The monoisotopic (exact) mass is 193 g/mol. The second-order valence-corrected chi connectivity index (χ2v) is 3.77. The van der Waals surface area contributed by atoms with Gasteiger partial charge < -0.3 is 9.94 Å². The minimum atomic E-state index is 0.270. The molecule has 1 aromatic carbocycles. The highest BCUT2D eigenvalue weighted by Crippen LogP contribution is 2.37. The maximum atomic E-state index is 8.68. The van der Waals surface area contributed by atoms with Crippen LogP contribution in [0.2, 0.25) is 0 Å². The number of rotatable bonds is 3. The molecule has 0 heterocycles.